The first-order valence-corrected chi connectivity index (χ1v) is 12.8. The quantitative estimate of drug-likeness (QED) is 0.246. The molecule has 38 heavy (non-hydrogen) atoms. The zero-order chi connectivity index (χ0) is 26.6. The average Bonchev–Trinajstić information content (AvgIpc) is 3.39. The number of nitrogens with zero attached hydrogens (tertiary/aromatic N) is 4. The van der Waals surface area contributed by atoms with Gasteiger partial charge in [0.25, 0.3) is 5.91 Å². The van der Waals surface area contributed by atoms with E-state index in [0.717, 1.165) is 17.8 Å². The summed E-state index contributed by atoms with van der Waals surface area (Å²) in [5.41, 5.74) is 3.72. The lowest BCUT2D eigenvalue weighted by Gasteiger charge is -2.28. The maximum atomic E-state index is 13.8. The molecular formula is C31H34N4O3. The van der Waals surface area contributed by atoms with Crippen LogP contribution in [0.4, 0.5) is 0 Å². The fraction of sp³-hybridized carbons (Fsp3) is 0.258. The molecule has 196 valence electrons. The van der Waals surface area contributed by atoms with Gasteiger partial charge in [0.1, 0.15) is 6.54 Å². The van der Waals surface area contributed by atoms with Crippen molar-refractivity contribution in [3.05, 3.63) is 126 Å². The zero-order valence-electron chi connectivity index (χ0n) is 21.8. The van der Waals surface area contributed by atoms with Crippen LogP contribution in [-0.2, 0) is 29.2 Å². The Hall–Kier alpha value is -4.23. The van der Waals surface area contributed by atoms with E-state index in [1.807, 2.05) is 71.8 Å². The molecule has 4 rings (SSSR count). The van der Waals surface area contributed by atoms with Crippen molar-refractivity contribution in [2.24, 2.45) is 0 Å². The number of rotatable bonds is 13. The van der Waals surface area contributed by atoms with E-state index in [9.17, 15) is 9.59 Å². The second-order valence-electron chi connectivity index (χ2n) is 9.16. The molecule has 0 saturated heterocycles. The molecule has 2 heterocycles. The minimum atomic E-state index is -0.213. The Kier molecular flexibility index (Phi) is 9.82. The molecule has 0 spiro atoms. The lowest BCUT2D eigenvalue weighted by atomic mass is 10.2. The summed E-state index contributed by atoms with van der Waals surface area (Å²) < 4.78 is 7.36. The molecule has 0 aliphatic heterocycles. The van der Waals surface area contributed by atoms with Gasteiger partial charge in [0.2, 0.25) is 5.91 Å². The number of aromatic nitrogens is 2. The van der Waals surface area contributed by atoms with Crippen molar-refractivity contribution in [1.29, 1.82) is 0 Å². The Morgan fingerprint density at radius 3 is 2.26 bits per heavy atom. The highest BCUT2D eigenvalue weighted by atomic mass is 16.5. The summed E-state index contributed by atoms with van der Waals surface area (Å²) in [5, 5.41) is 0. The van der Waals surface area contributed by atoms with E-state index in [-0.39, 0.29) is 18.4 Å². The van der Waals surface area contributed by atoms with Crippen molar-refractivity contribution in [1.82, 2.24) is 19.4 Å². The van der Waals surface area contributed by atoms with Crippen molar-refractivity contribution in [2.45, 2.75) is 26.1 Å². The number of ether oxygens (including phenoxy) is 1. The molecule has 0 aliphatic carbocycles. The molecule has 2 aromatic heterocycles. The Labute approximate surface area is 224 Å². The second-order valence-corrected chi connectivity index (χ2v) is 9.16. The minimum Gasteiger partial charge on any atom is -0.385 e. The first kappa shape index (κ1) is 26.8. The smallest absolute Gasteiger partial charge is 0.255 e. The normalized spacial score (nSPS) is 10.8. The Morgan fingerprint density at radius 1 is 0.842 bits per heavy atom. The van der Waals surface area contributed by atoms with E-state index in [1.165, 1.54) is 11.8 Å². The van der Waals surface area contributed by atoms with Crippen LogP contribution >= 0.6 is 0 Å². The van der Waals surface area contributed by atoms with Gasteiger partial charge in [0.15, 0.2) is 0 Å². The first-order valence-electron chi connectivity index (χ1n) is 12.8. The molecule has 0 saturated carbocycles. The number of hydrogen-bond acceptors (Lipinski definition) is 4. The van der Waals surface area contributed by atoms with E-state index >= 15 is 0 Å². The molecule has 4 aromatic rings. The first-order chi connectivity index (χ1) is 18.6. The van der Waals surface area contributed by atoms with Crippen molar-refractivity contribution in [3.63, 3.8) is 0 Å². The van der Waals surface area contributed by atoms with Gasteiger partial charge >= 0.3 is 0 Å². The monoisotopic (exact) mass is 510 g/mol. The number of amides is 2. The lowest BCUT2D eigenvalue weighted by Crippen LogP contribution is -2.43. The molecule has 0 atom stereocenters. The highest BCUT2D eigenvalue weighted by Gasteiger charge is 2.23. The van der Waals surface area contributed by atoms with Crippen LogP contribution < -0.4 is 0 Å². The van der Waals surface area contributed by atoms with Crippen LogP contribution in [0.2, 0.25) is 0 Å². The summed E-state index contributed by atoms with van der Waals surface area (Å²) in [7, 11) is 1.63. The Bertz CT molecular complexity index is 1280. The number of hydrogen-bond donors (Lipinski definition) is 0. The zero-order valence-corrected chi connectivity index (χ0v) is 21.8. The Balaban J connectivity index is 1.55. The van der Waals surface area contributed by atoms with Crippen LogP contribution in [0.25, 0.3) is 0 Å². The predicted octanol–water partition coefficient (Wildman–Crippen LogP) is 4.64. The van der Waals surface area contributed by atoms with Gasteiger partial charge in [-0.2, -0.15) is 0 Å². The summed E-state index contributed by atoms with van der Waals surface area (Å²) in [6, 6.07) is 27.7. The molecule has 0 fully saturated rings. The van der Waals surface area contributed by atoms with Crippen LogP contribution in [0.15, 0.2) is 104 Å². The molecule has 0 bridgehead atoms. The van der Waals surface area contributed by atoms with Crippen molar-refractivity contribution in [3.8, 4) is 0 Å². The number of pyridine rings is 1. The maximum absolute atomic E-state index is 13.8. The van der Waals surface area contributed by atoms with Crippen molar-refractivity contribution in [2.75, 3.05) is 26.8 Å². The summed E-state index contributed by atoms with van der Waals surface area (Å²) in [5.74, 6) is -0.328. The maximum Gasteiger partial charge on any atom is 0.255 e. The summed E-state index contributed by atoms with van der Waals surface area (Å²) >= 11 is 0. The molecule has 7 nitrogen and oxygen atoms in total. The highest BCUT2D eigenvalue weighted by Crippen LogP contribution is 2.15. The van der Waals surface area contributed by atoms with Gasteiger partial charge in [-0.3, -0.25) is 14.6 Å². The molecule has 2 amide bonds. The Morgan fingerprint density at radius 2 is 1.58 bits per heavy atom. The summed E-state index contributed by atoms with van der Waals surface area (Å²) in [6.07, 6.45) is 5.84. The molecular weight excluding hydrogens is 476 g/mol. The van der Waals surface area contributed by atoms with Gasteiger partial charge in [-0.25, -0.2) is 0 Å². The van der Waals surface area contributed by atoms with Crippen LogP contribution in [0, 0.1) is 0 Å². The minimum absolute atomic E-state index is 0.0241. The SMILES string of the molecule is COCCCN(CC(=O)N(Cc1ccccc1)Cc1cccn1Cc1ccccc1)C(=O)c1cccnc1. The van der Waals surface area contributed by atoms with Gasteiger partial charge in [-0.1, -0.05) is 60.7 Å². The largest absolute Gasteiger partial charge is 0.385 e. The third kappa shape index (κ3) is 7.63. The number of benzene rings is 2. The molecule has 0 radical (unpaired) electrons. The number of carbonyl (C=O) groups excluding carboxylic acids is 2. The molecule has 0 aliphatic rings. The van der Waals surface area contributed by atoms with Crippen LogP contribution in [0.3, 0.4) is 0 Å². The van der Waals surface area contributed by atoms with Gasteiger partial charge in [0.05, 0.1) is 12.1 Å². The number of carbonyl (C=O) groups is 2. The van der Waals surface area contributed by atoms with Crippen LogP contribution in [-0.4, -0.2) is 58.0 Å². The third-order valence-electron chi connectivity index (χ3n) is 6.34. The molecule has 7 heteroatoms. The third-order valence-corrected chi connectivity index (χ3v) is 6.34. The van der Waals surface area contributed by atoms with Gasteiger partial charge in [-0.15, -0.1) is 0 Å². The van der Waals surface area contributed by atoms with Gasteiger partial charge in [0, 0.05) is 57.6 Å². The summed E-state index contributed by atoms with van der Waals surface area (Å²) in [6.45, 7) is 2.50. The second kappa shape index (κ2) is 13.9. The van der Waals surface area contributed by atoms with E-state index in [2.05, 4.69) is 21.7 Å². The van der Waals surface area contributed by atoms with Crippen LogP contribution in [0.1, 0.15) is 33.6 Å². The van der Waals surface area contributed by atoms with Crippen molar-refractivity contribution >= 4 is 11.8 Å². The topological polar surface area (TPSA) is 67.7 Å². The molecule has 0 unspecified atom stereocenters. The lowest BCUT2D eigenvalue weighted by molar-refractivity contribution is -0.133. The average molecular weight is 511 g/mol. The molecule has 2 aromatic carbocycles. The standard InChI is InChI=1S/C31H34N4O3/c1-38-20-10-19-34(31(37)28-15-8-17-32-21-28)25-30(36)35(23-27-13-6-3-7-14-27)24-29-16-9-18-33(29)22-26-11-4-2-5-12-26/h2-9,11-18,21H,10,19-20,22-25H2,1H3. The van der Waals surface area contributed by atoms with Crippen LogP contribution in [0.5, 0.6) is 0 Å². The van der Waals surface area contributed by atoms with Gasteiger partial charge in [-0.05, 0) is 41.8 Å². The fourth-order valence-electron chi connectivity index (χ4n) is 4.35. The predicted molar refractivity (Wildman–Crippen MR) is 147 cm³/mol. The highest BCUT2D eigenvalue weighted by molar-refractivity contribution is 5.96. The van der Waals surface area contributed by atoms with E-state index in [1.54, 1.807) is 30.3 Å². The van der Waals surface area contributed by atoms with E-state index < -0.39 is 0 Å². The van der Waals surface area contributed by atoms with E-state index in [4.69, 9.17) is 4.74 Å². The van der Waals surface area contributed by atoms with Crippen molar-refractivity contribution < 1.29 is 14.3 Å². The molecule has 0 N–H and O–H groups in total. The van der Waals surface area contributed by atoms with E-state index in [0.29, 0.717) is 38.2 Å². The summed E-state index contributed by atoms with van der Waals surface area (Å²) in [4.78, 5) is 34.6. The fourth-order valence-corrected chi connectivity index (χ4v) is 4.35. The van der Waals surface area contributed by atoms with Gasteiger partial charge < -0.3 is 19.1 Å². The number of methoxy groups -OCH3 is 1.